The van der Waals surface area contributed by atoms with Crippen LogP contribution in [-0.2, 0) is 26.2 Å². The van der Waals surface area contributed by atoms with Gasteiger partial charge < -0.3 is 19.7 Å². The van der Waals surface area contributed by atoms with Crippen LogP contribution in [0.15, 0.2) is 42.5 Å². The van der Waals surface area contributed by atoms with E-state index in [0.29, 0.717) is 5.75 Å². The Morgan fingerprint density at radius 3 is 2.26 bits per heavy atom. The predicted molar refractivity (Wildman–Crippen MR) is 131 cm³/mol. The lowest BCUT2D eigenvalue weighted by atomic mass is 10.1. The molecule has 0 unspecified atom stereocenters. The molecular formula is C24H32FN3O6S. The van der Waals surface area contributed by atoms with Crippen LogP contribution in [0.5, 0.6) is 11.5 Å². The van der Waals surface area contributed by atoms with Gasteiger partial charge in [-0.3, -0.25) is 13.9 Å². The Bertz CT molecular complexity index is 1160. The van der Waals surface area contributed by atoms with Crippen LogP contribution in [0.4, 0.5) is 10.1 Å². The summed E-state index contributed by atoms with van der Waals surface area (Å²) in [5.41, 5.74) is 0.280. The van der Waals surface area contributed by atoms with E-state index in [0.717, 1.165) is 15.5 Å². The highest BCUT2D eigenvalue weighted by molar-refractivity contribution is 7.92. The van der Waals surface area contributed by atoms with Gasteiger partial charge in [0, 0.05) is 24.2 Å². The second kappa shape index (κ2) is 11.9. The predicted octanol–water partition coefficient (Wildman–Crippen LogP) is 2.55. The third-order valence-corrected chi connectivity index (χ3v) is 6.36. The first kappa shape index (κ1) is 27.9. The average molecular weight is 510 g/mol. The molecule has 0 fully saturated rings. The molecule has 2 aromatic rings. The molecule has 0 heterocycles. The van der Waals surface area contributed by atoms with E-state index in [9.17, 15) is 22.4 Å². The average Bonchev–Trinajstić information content (AvgIpc) is 2.79. The smallest absolute Gasteiger partial charge is 0.244 e. The summed E-state index contributed by atoms with van der Waals surface area (Å²) in [5, 5.41) is 2.73. The third-order valence-electron chi connectivity index (χ3n) is 5.23. The number of halogens is 1. The van der Waals surface area contributed by atoms with Crippen LogP contribution in [0, 0.1) is 5.82 Å². The van der Waals surface area contributed by atoms with E-state index >= 15 is 0 Å². The van der Waals surface area contributed by atoms with Gasteiger partial charge in [-0.15, -0.1) is 0 Å². The molecule has 0 radical (unpaired) electrons. The van der Waals surface area contributed by atoms with Gasteiger partial charge in [-0.25, -0.2) is 12.8 Å². The molecule has 2 amide bonds. The highest BCUT2D eigenvalue weighted by Crippen LogP contribution is 2.34. The van der Waals surface area contributed by atoms with Crippen molar-refractivity contribution in [1.29, 1.82) is 0 Å². The normalized spacial score (nSPS) is 12.1. The summed E-state index contributed by atoms with van der Waals surface area (Å²) in [6, 6.07) is 9.23. The number of carbonyl (C=O) groups excluding carboxylic acids is 2. The lowest BCUT2D eigenvalue weighted by Gasteiger charge is -2.32. The molecule has 0 spiro atoms. The number of benzene rings is 2. The molecule has 0 aliphatic carbocycles. The highest BCUT2D eigenvalue weighted by atomic mass is 32.2. The zero-order chi connectivity index (χ0) is 26.3. The standard InChI is InChI=1S/C24H32FN3O6S/c1-16(2)26-24(30)17(3)27(14-18-9-7-8-10-20(18)25)23(29)15-28(35(6,31)32)21-13-19(33-4)11-12-22(21)34-5/h7-13,16-17H,14-15H2,1-6H3,(H,26,30)/t17-/m1/s1. The van der Waals surface area contributed by atoms with E-state index in [1.54, 1.807) is 26.0 Å². The summed E-state index contributed by atoms with van der Waals surface area (Å²) >= 11 is 0. The van der Waals surface area contributed by atoms with Gasteiger partial charge in [0.25, 0.3) is 0 Å². The summed E-state index contributed by atoms with van der Waals surface area (Å²) in [6.07, 6.45) is 0.954. The fraction of sp³-hybridized carbons (Fsp3) is 0.417. The largest absolute Gasteiger partial charge is 0.497 e. The number of sulfonamides is 1. The molecule has 11 heteroatoms. The number of methoxy groups -OCH3 is 2. The Kier molecular flexibility index (Phi) is 9.47. The zero-order valence-corrected chi connectivity index (χ0v) is 21.6. The van der Waals surface area contributed by atoms with E-state index < -0.39 is 40.2 Å². The van der Waals surface area contributed by atoms with Crippen LogP contribution in [0.25, 0.3) is 0 Å². The van der Waals surface area contributed by atoms with Crippen LogP contribution in [0.3, 0.4) is 0 Å². The molecule has 192 valence electrons. The van der Waals surface area contributed by atoms with Gasteiger partial charge in [0.1, 0.15) is 29.9 Å². The molecular weight excluding hydrogens is 477 g/mol. The number of nitrogens with one attached hydrogen (secondary N) is 1. The number of amides is 2. The Hall–Kier alpha value is -3.34. The number of nitrogens with zero attached hydrogens (tertiary/aromatic N) is 2. The van der Waals surface area contributed by atoms with Gasteiger partial charge in [0.2, 0.25) is 21.8 Å². The fourth-order valence-electron chi connectivity index (χ4n) is 3.38. The Balaban J connectivity index is 2.50. The molecule has 0 saturated carbocycles. The maximum Gasteiger partial charge on any atom is 0.244 e. The Morgan fingerprint density at radius 1 is 1.06 bits per heavy atom. The van der Waals surface area contributed by atoms with E-state index in [1.165, 1.54) is 51.5 Å². The van der Waals surface area contributed by atoms with Crippen molar-refractivity contribution in [3.8, 4) is 11.5 Å². The van der Waals surface area contributed by atoms with E-state index in [2.05, 4.69) is 5.32 Å². The van der Waals surface area contributed by atoms with Gasteiger partial charge in [-0.1, -0.05) is 18.2 Å². The van der Waals surface area contributed by atoms with Gasteiger partial charge in [-0.2, -0.15) is 0 Å². The number of hydrogen-bond acceptors (Lipinski definition) is 6. The van der Waals surface area contributed by atoms with Crippen molar-refractivity contribution >= 4 is 27.5 Å². The first-order valence-corrected chi connectivity index (χ1v) is 12.8. The van der Waals surface area contributed by atoms with Gasteiger partial charge in [0.15, 0.2) is 0 Å². The summed E-state index contributed by atoms with van der Waals surface area (Å²) in [5.74, 6) is -1.13. The van der Waals surface area contributed by atoms with Crippen molar-refractivity contribution in [3.05, 3.63) is 53.8 Å². The van der Waals surface area contributed by atoms with E-state index in [-0.39, 0.29) is 29.6 Å². The first-order chi connectivity index (χ1) is 16.4. The van der Waals surface area contributed by atoms with Crippen molar-refractivity contribution in [2.24, 2.45) is 0 Å². The minimum absolute atomic E-state index is 0.0906. The molecule has 2 aromatic carbocycles. The maximum atomic E-state index is 14.4. The quantitative estimate of drug-likeness (QED) is 0.499. The molecule has 35 heavy (non-hydrogen) atoms. The monoisotopic (exact) mass is 509 g/mol. The second-order valence-corrected chi connectivity index (χ2v) is 10.2. The van der Waals surface area contributed by atoms with Crippen LogP contribution < -0.4 is 19.1 Å². The third kappa shape index (κ3) is 7.32. The first-order valence-electron chi connectivity index (χ1n) is 10.9. The molecule has 1 atom stereocenters. The van der Waals surface area contributed by atoms with Crippen molar-refractivity contribution in [2.75, 3.05) is 31.3 Å². The minimum Gasteiger partial charge on any atom is -0.497 e. The number of carbonyl (C=O) groups is 2. The molecule has 0 aromatic heterocycles. The van der Waals surface area contributed by atoms with E-state index in [1.807, 2.05) is 0 Å². The molecule has 9 nitrogen and oxygen atoms in total. The van der Waals surface area contributed by atoms with Crippen LogP contribution in [0.1, 0.15) is 26.3 Å². The minimum atomic E-state index is -3.97. The maximum absolute atomic E-state index is 14.4. The van der Waals surface area contributed by atoms with Crippen LogP contribution >= 0.6 is 0 Å². The number of anilines is 1. The van der Waals surface area contributed by atoms with Crippen molar-refractivity contribution < 1.29 is 31.9 Å². The highest BCUT2D eigenvalue weighted by Gasteiger charge is 2.32. The number of ether oxygens (including phenoxy) is 2. The van der Waals surface area contributed by atoms with E-state index in [4.69, 9.17) is 9.47 Å². The molecule has 0 aliphatic heterocycles. The molecule has 2 rings (SSSR count). The topological polar surface area (TPSA) is 105 Å². The number of hydrogen-bond donors (Lipinski definition) is 1. The second-order valence-electron chi connectivity index (χ2n) is 8.26. The summed E-state index contributed by atoms with van der Waals surface area (Å²) in [4.78, 5) is 27.4. The van der Waals surface area contributed by atoms with Gasteiger partial charge in [-0.05, 0) is 39.0 Å². The number of rotatable bonds is 11. The Morgan fingerprint density at radius 2 is 1.71 bits per heavy atom. The van der Waals surface area contributed by atoms with Gasteiger partial charge >= 0.3 is 0 Å². The van der Waals surface area contributed by atoms with Gasteiger partial charge in [0.05, 0.1) is 26.2 Å². The lowest BCUT2D eigenvalue weighted by Crippen LogP contribution is -2.52. The molecule has 0 saturated heterocycles. The zero-order valence-electron chi connectivity index (χ0n) is 20.7. The van der Waals surface area contributed by atoms with Crippen molar-refractivity contribution in [1.82, 2.24) is 10.2 Å². The summed E-state index contributed by atoms with van der Waals surface area (Å²) in [7, 11) is -1.18. The van der Waals surface area contributed by atoms with Crippen molar-refractivity contribution in [2.45, 2.75) is 39.4 Å². The SMILES string of the molecule is COc1ccc(OC)c(N(CC(=O)N(Cc2ccccc2F)[C@H](C)C(=O)NC(C)C)S(C)(=O)=O)c1. The van der Waals surface area contributed by atoms with Crippen LogP contribution in [0.2, 0.25) is 0 Å². The lowest BCUT2D eigenvalue weighted by molar-refractivity contribution is -0.139. The molecule has 0 bridgehead atoms. The van der Waals surface area contributed by atoms with Crippen molar-refractivity contribution in [3.63, 3.8) is 0 Å². The Labute approximate surface area is 205 Å². The summed E-state index contributed by atoms with van der Waals surface area (Å²) < 4.78 is 51.3. The summed E-state index contributed by atoms with van der Waals surface area (Å²) in [6.45, 7) is 4.18. The fourth-order valence-corrected chi connectivity index (χ4v) is 4.23. The molecule has 0 aliphatic rings. The molecule has 1 N–H and O–H groups in total. The van der Waals surface area contributed by atoms with Crippen LogP contribution in [-0.4, -0.2) is 64.2 Å².